The molecule has 33 heavy (non-hydrogen) atoms. The van der Waals surface area contributed by atoms with Crippen LogP contribution in [0.3, 0.4) is 0 Å². The molecule has 1 fully saturated rings. The zero-order chi connectivity index (χ0) is 22.5. The van der Waals surface area contributed by atoms with Crippen LogP contribution in [0.4, 0.5) is 11.5 Å². The summed E-state index contributed by atoms with van der Waals surface area (Å²) >= 11 is 0. The second kappa shape index (κ2) is 9.69. The maximum atomic E-state index is 12.4. The summed E-state index contributed by atoms with van der Waals surface area (Å²) in [6.07, 6.45) is 3.69. The highest BCUT2D eigenvalue weighted by atomic mass is 16.5. The summed E-state index contributed by atoms with van der Waals surface area (Å²) in [5, 5.41) is 14.0. The van der Waals surface area contributed by atoms with E-state index in [0.717, 1.165) is 40.9 Å². The lowest BCUT2D eigenvalue weighted by Gasteiger charge is -2.27. The number of benzene rings is 3. The smallest absolute Gasteiger partial charge is 0.262 e. The Hall–Kier alpha value is -3.93. The Morgan fingerprint density at radius 1 is 0.848 bits per heavy atom. The number of ether oxygens (including phenoxy) is 1. The van der Waals surface area contributed by atoms with Crippen molar-refractivity contribution in [1.82, 2.24) is 10.2 Å². The predicted octanol–water partition coefficient (Wildman–Crippen LogP) is 5.30. The van der Waals surface area contributed by atoms with E-state index in [0.29, 0.717) is 11.4 Å². The number of aromatic nitrogens is 2. The van der Waals surface area contributed by atoms with Crippen LogP contribution in [0, 0.1) is 0 Å². The summed E-state index contributed by atoms with van der Waals surface area (Å²) in [5.41, 5.74) is 2.38. The molecule has 4 aromatic rings. The maximum absolute atomic E-state index is 12.4. The van der Waals surface area contributed by atoms with E-state index in [1.165, 1.54) is 19.3 Å². The van der Waals surface area contributed by atoms with E-state index in [4.69, 9.17) is 4.74 Å². The molecule has 1 aliphatic rings. The lowest BCUT2D eigenvalue weighted by molar-refractivity contribution is -0.118. The highest BCUT2D eigenvalue weighted by Gasteiger charge is 2.13. The molecular weight excluding hydrogens is 412 g/mol. The van der Waals surface area contributed by atoms with Gasteiger partial charge in [-0.25, -0.2) is 0 Å². The second-order valence-corrected chi connectivity index (χ2v) is 8.25. The van der Waals surface area contributed by atoms with Gasteiger partial charge in [0.2, 0.25) is 0 Å². The number of hydrogen-bond acceptors (Lipinski definition) is 5. The fourth-order valence-electron chi connectivity index (χ4n) is 4.13. The van der Waals surface area contributed by atoms with Gasteiger partial charge < -0.3 is 15.0 Å². The van der Waals surface area contributed by atoms with Gasteiger partial charge in [-0.15, -0.1) is 10.2 Å². The van der Waals surface area contributed by atoms with Gasteiger partial charge in [0, 0.05) is 24.3 Å². The van der Waals surface area contributed by atoms with Crippen LogP contribution < -0.4 is 15.0 Å². The molecule has 1 N–H and O–H groups in total. The molecule has 3 aromatic carbocycles. The van der Waals surface area contributed by atoms with Crippen molar-refractivity contribution in [2.24, 2.45) is 0 Å². The number of anilines is 2. The van der Waals surface area contributed by atoms with E-state index in [9.17, 15) is 4.79 Å². The fourth-order valence-corrected chi connectivity index (χ4v) is 4.13. The number of nitrogens with one attached hydrogen (secondary N) is 1. The first kappa shape index (κ1) is 20.9. The van der Waals surface area contributed by atoms with Crippen LogP contribution in [-0.2, 0) is 4.79 Å². The zero-order valence-electron chi connectivity index (χ0n) is 18.4. The molecule has 0 bridgehead atoms. The van der Waals surface area contributed by atoms with E-state index in [1.807, 2.05) is 78.9 Å². The second-order valence-electron chi connectivity index (χ2n) is 8.25. The first-order chi connectivity index (χ1) is 16.2. The Labute approximate surface area is 193 Å². The third-order valence-electron chi connectivity index (χ3n) is 5.86. The predicted molar refractivity (Wildman–Crippen MR) is 132 cm³/mol. The number of carbonyl (C=O) groups excluding carboxylic acids is 1. The van der Waals surface area contributed by atoms with Crippen LogP contribution >= 0.6 is 0 Å². The third kappa shape index (κ3) is 5.12. The van der Waals surface area contributed by atoms with Gasteiger partial charge in [0.25, 0.3) is 5.91 Å². The molecule has 0 unspecified atom stereocenters. The van der Waals surface area contributed by atoms with Crippen molar-refractivity contribution in [2.75, 3.05) is 29.9 Å². The number of carbonyl (C=O) groups is 1. The standard InChI is InChI=1S/C27H26N4O2/c32-27(19-33-24-12-11-20-7-2-3-8-21(20)18-24)28-23-10-6-9-22(17-23)25-13-14-26(30-29-25)31-15-4-1-5-16-31/h2-3,6-14,17-18H,1,4-5,15-16,19H2,(H,28,32). The van der Waals surface area contributed by atoms with Crippen molar-refractivity contribution in [1.29, 1.82) is 0 Å². The van der Waals surface area contributed by atoms with Gasteiger partial charge in [-0.3, -0.25) is 4.79 Å². The van der Waals surface area contributed by atoms with E-state index in [1.54, 1.807) is 0 Å². The first-order valence-electron chi connectivity index (χ1n) is 11.4. The quantitative estimate of drug-likeness (QED) is 0.442. The van der Waals surface area contributed by atoms with Crippen LogP contribution in [0.5, 0.6) is 5.75 Å². The zero-order valence-corrected chi connectivity index (χ0v) is 18.4. The largest absolute Gasteiger partial charge is 0.484 e. The molecule has 5 rings (SSSR count). The molecule has 0 radical (unpaired) electrons. The third-order valence-corrected chi connectivity index (χ3v) is 5.86. The summed E-state index contributed by atoms with van der Waals surface area (Å²) in [6, 6.07) is 25.5. The number of amides is 1. The molecule has 0 saturated carbocycles. The Kier molecular flexibility index (Phi) is 6.15. The minimum atomic E-state index is -0.216. The van der Waals surface area contributed by atoms with Crippen molar-refractivity contribution in [2.45, 2.75) is 19.3 Å². The van der Waals surface area contributed by atoms with E-state index < -0.39 is 0 Å². The van der Waals surface area contributed by atoms with Crippen molar-refractivity contribution in [3.05, 3.63) is 78.9 Å². The molecule has 2 heterocycles. The van der Waals surface area contributed by atoms with Crippen LogP contribution in [0.25, 0.3) is 22.0 Å². The molecule has 1 saturated heterocycles. The van der Waals surface area contributed by atoms with Crippen molar-refractivity contribution >= 4 is 28.2 Å². The van der Waals surface area contributed by atoms with Crippen molar-refractivity contribution < 1.29 is 9.53 Å². The average molecular weight is 439 g/mol. The lowest BCUT2D eigenvalue weighted by Crippen LogP contribution is -2.30. The number of nitrogens with zero attached hydrogens (tertiary/aromatic N) is 3. The van der Waals surface area contributed by atoms with E-state index in [-0.39, 0.29) is 12.5 Å². The molecule has 166 valence electrons. The molecule has 0 atom stereocenters. The van der Waals surface area contributed by atoms with Crippen molar-refractivity contribution in [3.63, 3.8) is 0 Å². The molecule has 0 spiro atoms. The topological polar surface area (TPSA) is 67.3 Å². The van der Waals surface area contributed by atoms with Crippen LogP contribution in [0.15, 0.2) is 78.9 Å². The van der Waals surface area contributed by atoms with Crippen molar-refractivity contribution in [3.8, 4) is 17.0 Å². The summed E-state index contributed by atoms with van der Waals surface area (Å²) in [7, 11) is 0. The van der Waals surface area contributed by atoms with Gasteiger partial charge in [0.05, 0.1) is 5.69 Å². The Balaban J connectivity index is 1.21. The molecule has 0 aliphatic carbocycles. The maximum Gasteiger partial charge on any atom is 0.262 e. The molecule has 6 nitrogen and oxygen atoms in total. The van der Waals surface area contributed by atoms with Gasteiger partial charge in [0.15, 0.2) is 12.4 Å². The number of rotatable bonds is 6. The Morgan fingerprint density at radius 3 is 2.52 bits per heavy atom. The van der Waals surface area contributed by atoms with Gasteiger partial charge in [-0.2, -0.15) is 0 Å². The monoisotopic (exact) mass is 438 g/mol. The van der Waals surface area contributed by atoms with Gasteiger partial charge in [-0.05, 0) is 66.4 Å². The summed E-state index contributed by atoms with van der Waals surface area (Å²) in [5.74, 6) is 1.38. The molecular formula is C27H26N4O2. The summed E-state index contributed by atoms with van der Waals surface area (Å²) in [6.45, 7) is 2.01. The Bertz CT molecular complexity index is 1250. The average Bonchev–Trinajstić information content (AvgIpc) is 2.88. The van der Waals surface area contributed by atoms with Crippen LogP contribution in [-0.4, -0.2) is 35.8 Å². The number of hydrogen-bond donors (Lipinski definition) is 1. The minimum absolute atomic E-state index is 0.0626. The molecule has 1 amide bonds. The lowest BCUT2D eigenvalue weighted by atomic mass is 10.1. The highest BCUT2D eigenvalue weighted by molar-refractivity contribution is 5.92. The minimum Gasteiger partial charge on any atom is -0.484 e. The normalized spacial score (nSPS) is 13.6. The van der Waals surface area contributed by atoms with E-state index >= 15 is 0 Å². The SMILES string of the molecule is O=C(COc1ccc2ccccc2c1)Nc1cccc(-c2ccc(N3CCCCC3)nn2)c1. The molecule has 6 heteroatoms. The Morgan fingerprint density at radius 2 is 1.70 bits per heavy atom. The van der Waals surface area contributed by atoms with Gasteiger partial charge in [0.1, 0.15) is 5.75 Å². The van der Waals surface area contributed by atoms with Crippen LogP contribution in [0.1, 0.15) is 19.3 Å². The highest BCUT2D eigenvalue weighted by Crippen LogP contribution is 2.24. The fraction of sp³-hybridized carbons (Fsp3) is 0.222. The number of fused-ring (bicyclic) bond motifs is 1. The molecule has 1 aromatic heterocycles. The van der Waals surface area contributed by atoms with Gasteiger partial charge in [-0.1, -0.05) is 42.5 Å². The van der Waals surface area contributed by atoms with Crippen LogP contribution in [0.2, 0.25) is 0 Å². The first-order valence-corrected chi connectivity index (χ1v) is 11.4. The molecule has 1 aliphatic heterocycles. The van der Waals surface area contributed by atoms with Gasteiger partial charge >= 0.3 is 0 Å². The van der Waals surface area contributed by atoms with E-state index in [2.05, 4.69) is 20.4 Å². The summed E-state index contributed by atoms with van der Waals surface area (Å²) < 4.78 is 5.69. The summed E-state index contributed by atoms with van der Waals surface area (Å²) in [4.78, 5) is 14.7. The number of piperidine rings is 1.